The Balaban J connectivity index is 1.64. The fourth-order valence-electron chi connectivity index (χ4n) is 3.79. The average Bonchev–Trinajstić information content (AvgIpc) is 3.47. The molecule has 4 rings (SSSR count). The van der Waals surface area contributed by atoms with E-state index in [0.717, 1.165) is 18.4 Å². The number of amides is 1. The van der Waals surface area contributed by atoms with Gasteiger partial charge in [-0.05, 0) is 37.1 Å². The SMILES string of the molecule is COc1ccccc1-c1noc([C@H]2CCCN2C(=O)c2cccc(OC)c2OC)n1. The quantitative estimate of drug-likeness (QED) is 0.613. The van der Waals surface area contributed by atoms with E-state index < -0.39 is 0 Å². The first-order valence-electron chi connectivity index (χ1n) is 9.67. The molecular weight excluding hydrogens is 386 g/mol. The molecule has 1 amide bonds. The Hall–Kier alpha value is -3.55. The molecule has 1 aromatic heterocycles. The molecule has 2 heterocycles. The zero-order valence-corrected chi connectivity index (χ0v) is 17.1. The van der Waals surface area contributed by atoms with E-state index in [9.17, 15) is 4.79 Å². The Bertz CT molecular complexity index is 1050. The standard InChI is InChI=1S/C22H23N3O5/c1-27-17-11-5-4-8-14(17)20-23-21(30-24-20)16-10-7-13-25(16)22(26)15-9-6-12-18(28-2)19(15)29-3/h4-6,8-9,11-12,16H,7,10,13H2,1-3H3/t16-/m1/s1. The van der Waals surface area contributed by atoms with E-state index in [1.54, 1.807) is 37.3 Å². The van der Waals surface area contributed by atoms with Crippen LogP contribution < -0.4 is 14.2 Å². The molecule has 1 atom stereocenters. The maximum Gasteiger partial charge on any atom is 0.258 e. The number of methoxy groups -OCH3 is 3. The van der Waals surface area contributed by atoms with E-state index in [4.69, 9.17) is 18.7 Å². The highest BCUT2D eigenvalue weighted by Gasteiger charge is 2.36. The molecular formula is C22H23N3O5. The fourth-order valence-corrected chi connectivity index (χ4v) is 3.79. The second-order valence-electron chi connectivity index (χ2n) is 6.85. The lowest BCUT2D eigenvalue weighted by Gasteiger charge is -2.23. The van der Waals surface area contributed by atoms with Gasteiger partial charge in [-0.3, -0.25) is 4.79 Å². The topological polar surface area (TPSA) is 86.9 Å². The van der Waals surface area contributed by atoms with Crippen LogP contribution in [0, 0.1) is 0 Å². The number of hydrogen-bond acceptors (Lipinski definition) is 7. The van der Waals surface area contributed by atoms with Gasteiger partial charge in [-0.1, -0.05) is 23.4 Å². The third-order valence-electron chi connectivity index (χ3n) is 5.22. The van der Waals surface area contributed by atoms with Crippen molar-refractivity contribution in [3.8, 4) is 28.6 Å². The van der Waals surface area contributed by atoms with Crippen LogP contribution >= 0.6 is 0 Å². The summed E-state index contributed by atoms with van der Waals surface area (Å²) in [6.45, 7) is 0.593. The Labute approximate surface area is 174 Å². The molecule has 156 valence electrons. The van der Waals surface area contributed by atoms with E-state index >= 15 is 0 Å². The largest absolute Gasteiger partial charge is 0.496 e. The maximum absolute atomic E-state index is 13.3. The van der Waals surface area contributed by atoms with Crippen LogP contribution in [0.25, 0.3) is 11.4 Å². The molecule has 0 radical (unpaired) electrons. The maximum atomic E-state index is 13.3. The van der Waals surface area contributed by atoms with Gasteiger partial charge in [-0.2, -0.15) is 4.98 Å². The highest BCUT2D eigenvalue weighted by Crippen LogP contribution is 2.37. The molecule has 0 unspecified atom stereocenters. The zero-order chi connectivity index (χ0) is 21.1. The van der Waals surface area contributed by atoms with Gasteiger partial charge in [-0.15, -0.1) is 0 Å². The lowest BCUT2D eigenvalue weighted by molar-refractivity contribution is 0.0706. The number of carbonyl (C=O) groups is 1. The normalized spacial score (nSPS) is 15.8. The number of carbonyl (C=O) groups excluding carboxylic acids is 1. The second-order valence-corrected chi connectivity index (χ2v) is 6.85. The molecule has 1 fully saturated rings. The molecule has 30 heavy (non-hydrogen) atoms. The third-order valence-corrected chi connectivity index (χ3v) is 5.22. The number of benzene rings is 2. The van der Waals surface area contributed by atoms with Crippen LogP contribution in [-0.2, 0) is 0 Å². The van der Waals surface area contributed by atoms with Gasteiger partial charge in [0, 0.05) is 6.54 Å². The molecule has 1 aliphatic rings. The first-order valence-corrected chi connectivity index (χ1v) is 9.67. The summed E-state index contributed by atoms with van der Waals surface area (Å²) in [6, 6.07) is 12.4. The molecule has 3 aromatic rings. The Morgan fingerprint density at radius 1 is 1.03 bits per heavy atom. The molecule has 1 aliphatic heterocycles. The van der Waals surface area contributed by atoms with Crippen molar-refractivity contribution in [2.45, 2.75) is 18.9 Å². The number of aromatic nitrogens is 2. The highest BCUT2D eigenvalue weighted by molar-refractivity contribution is 5.98. The van der Waals surface area contributed by atoms with Crippen LogP contribution in [0.2, 0.25) is 0 Å². The van der Waals surface area contributed by atoms with Gasteiger partial charge in [0.1, 0.15) is 11.8 Å². The van der Waals surface area contributed by atoms with Crippen molar-refractivity contribution < 1.29 is 23.5 Å². The van der Waals surface area contributed by atoms with Crippen molar-refractivity contribution in [1.29, 1.82) is 0 Å². The minimum Gasteiger partial charge on any atom is -0.496 e. The summed E-state index contributed by atoms with van der Waals surface area (Å²) >= 11 is 0. The minimum atomic E-state index is -0.302. The predicted octanol–water partition coefficient (Wildman–Crippen LogP) is 3.74. The van der Waals surface area contributed by atoms with Crippen molar-refractivity contribution in [1.82, 2.24) is 15.0 Å². The molecule has 1 saturated heterocycles. The molecule has 0 N–H and O–H groups in total. The molecule has 0 aliphatic carbocycles. The van der Waals surface area contributed by atoms with Gasteiger partial charge in [0.15, 0.2) is 11.5 Å². The van der Waals surface area contributed by atoms with Gasteiger partial charge in [0.25, 0.3) is 5.91 Å². The van der Waals surface area contributed by atoms with Gasteiger partial charge in [-0.25, -0.2) is 0 Å². The van der Waals surface area contributed by atoms with Crippen molar-refractivity contribution in [3.05, 3.63) is 53.9 Å². The summed E-state index contributed by atoms with van der Waals surface area (Å²) in [5, 5.41) is 4.12. The van der Waals surface area contributed by atoms with E-state index in [1.807, 2.05) is 24.3 Å². The lowest BCUT2D eigenvalue weighted by atomic mass is 10.1. The van der Waals surface area contributed by atoms with E-state index in [0.29, 0.717) is 41.1 Å². The molecule has 8 nitrogen and oxygen atoms in total. The lowest BCUT2D eigenvalue weighted by Crippen LogP contribution is -2.31. The van der Waals surface area contributed by atoms with E-state index in [1.165, 1.54) is 7.11 Å². The fraction of sp³-hybridized carbons (Fsp3) is 0.318. The van der Waals surface area contributed by atoms with Gasteiger partial charge >= 0.3 is 0 Å². The van der Waals surface area contributed by atoms with Crippen LogP contribution in [0.1, 0.15) is 35.1 Å². The zero-order valence-electron chi connectivity index (χ0n) is 17.1. The van der Waals surface area contributed by atoms with Crippen LogP contribution in [0.4, 0.5) is 0 Å². The number of nitrogens with zero attached hydrogens (tertiary/aromatic N) is 3. The van der Waals surface area contributed by atoms with Crippen molar-refractivity contribution >= 4 is 5.91 Å². The first kappa shape index (κ1) is 19.8. The highest BCUT2D eigenvalue weighted by atomic mass is 16.5. The monoisotopic (exact) mass is 409 g/mol. The van der Waals surface area contributed by atoms with Gasteiger partial charge in [0.05, 0.1) is 32.5 Å². The van der Waals surface area contributed by atoms with Crippen molar-refractivity contribution in [2.75, 3.05) is 27.9 Å². The average molecular weight is 409 g/mol. The molecule has 2 aromatic carbocycles. The summed E-state index contributed by atoms with van der Waals surface area (Å²) < 4.78 is 21.7. The Kier molecular flexibility index (Phi) is 5.56. The second kappa shape index (κ2) is 8.44. The summed E-state index contributed by atoms with van der Waals surface area (Å²) in [4.78, 5) is 19.6. The summed E-state index contributed by atoms with van der Waals surface area (Å²) in [5.74, 6) is 2.26. The summed E-state index contributed by atoms with van der Waals surface area (Å²) in [7, 11) is 4.66. The predicted molar refractivity (Wildman–Crippen MR) is 109 cm³/mol. The van der Waals surface area contributed by atoms with Gasteiger partial charge in [0.2, 0.25) is 11.7 Å². The number of likely N-dealkylation sites (tertiary alicyclic amines) is 1. The molecule has 0 spiro atoms. The third kappa shape index (κ3) is 3.45. The van der Waals surface area contributed by atoms with Crippen LogP contribution in [0.5, 0.6) is 17.2 Å². The van der Waals surface area contributed by atoms with E-state index in [2.05, 4.69) is 10.1 Å². The number of ether oxygens (including phenoxy) is 3. The van der Waals surface area contributed by atoms with Crippen molar-refractivity contribution in [3.63, 3.8) is 0 Å². The Morgan fingerprint density at radius 2 is 1.80 bits per heavy atom. The first-order chi connectivity index (χ1) is 14.7. The summed E-state index contributed by atoms with van der Waals surface area (Å²) in [6.07, 6.45) is 1.58. The summed E-state index contributed by atoms with van der Waals surface area (Å²) in [5.41, 5.74) is 1.17. The van der Waals surface area contributed by atoms with Crippen LogP contribution in [-0.4, -0.2) is 48.8 Å². The van der Waals surface area contributed by atoms with Crippen LogP contribution in [0.15, 0.2) is 47.0 Å². The minimum absolute atomic E-state index is 0.162. The number of rotatable bonds is 6. The molecule has 0 saturated carbocycles. The number of para-hydroxylation sites is 2. The van der Waals surface area contributed by atoms with Crippen LogP contribution in [0.3, 0.4) is 0 Å². The number of hydrogen-bond donors (Lipinski definition) is 0. The van der Waals surface area contributed by atoms with E-state index in [-0.39, 0.29) is 11.9 Å². The molecule has 8 heteroatoms. The smallest absolute Gasteiger partial charge is 0.258 e. The Morgan fingerprint density at radius 3 is 2.57 bits per heavy atom. The van der Waals surface area contributed by atoms with Gasteiger partial charge < -0.3 is 23.6 Å². The molecule has 0 bridgehead atoms. The van der Waals surface area contributed by atoms with Crippen molar-refractivity contribution in [2.24, 2.45) is 0 Å².